The van der Waals surface area contributed by atoms with Gasteiger partial charge in [-0.05, 0) is 59.7 Å². The summed E-state index contributed by atoms with van der Waals surface area (Å²) in [4.78, 5) is 0. The van der Waals surface area contributed by atoms with Crippen molar-refractivity contribution in [2.24, 2.45) is 5.73 Å². The van der Waals surface area contributed by atoms with Gasteiger partial charge in [0.25, 0.3) is 0 Å². The maximum Gasteiger partial charge on any atom is 0.184 e. The Morgan fingerprint density at radius 1 is 1.29 bits per heavy atom. The lowest BCUT2D eigenvalue weighted by Crippen LogP contribution is -2.38. The van der Waals surface area contributed by atoms with Gasteiger partial charge in [-0.25, -0.2) is 0 Å². The molecule has 0 aliphatic heterocycles. The highest BCUT2D eigenvalue weighted by Crippen LogP contribution is 2.23. The normalized spacial score (nSPS) is 15.6. The van der Waals surface area contributed by atoms with E-state index in [0.717, 1.165) is 19.3 Å². The highest BCUT2D eigenvalue weighted by molar-refractivity contribution is 6.69. The van der Waals surface area contributed by atoms with Gasteiger partial charge in [-0.3, -0.25) is 0 Å². The molecular weight excluding hydrogens is 190 g/mol. The van der Waals surface area contributed by atoms with Crippen molar-refractivity contribution in [3.63, 3.8) is 0 Å². The molecule has 14 heavy (non-hydrogen) atoms. The van der Waals surface area contributed by atoms with Gasteiger partial charge in [0.2, 0.25) is 0 Å². The summed E-state index contributed by atoms with van der Waals surface area (Å²) in [6, 6.07) is 0.317. The molecule has 0 saturated heterocycles. The van der Waals surface area contributed by atoms with Crippen LogP contribution >= 0.6 is 0 Å². The molecule has 0 aliphatic rings. The maximum absolute atomic E-state index is 6.11. The Balaban J connectivity index is 3.84. The van der Waals surface area contributed by atoms with Gasteiger partial charge in [0, 0.05) is 6.04 Å². The Morgan fingerprint density at radius 2 is 1.79 bits per heavy atom. The molecule has 1 unspecified atom stereocenters. The van der Waals surface area contributed by atoms with Crippen molar-refractivity contribution < 1.29 is 4.43 Å². The number of hydrogen-bond donors (Lipinski definition) is 1. The predicted octanol–water partition coefficient (Wildman–Crippen LogP) is 3.13. The van der Waals surface area contributed by atoms with Crippen molar-refractivity contribution in [3.05, 3.63) is 0 Å². The zero-order valence-corrected chi connectivity index (χ0v) is 11.7. The minimum absolute atomic E-state index is 0.0271. The number of hydrogen-bond acceptors (Lipinski definition) is 2. The first-order chi connectivity index (χ1) is 6.12. The van der Waals surface area contributed by atoms with Gasteiger partial charge in [-0.15, -0.1) is 0 Å². The van der Waals surface area contributed by atoms with Crippen LogP contribution < -0.4 is 5.73 Å². The Labute approximate surface area is 90.3 Å². The van der Waals surface area contributed by atoms with Gasteiger partial charge in [-0.1, -0.05) is 0 Å². The Kier molecular flexibility index (Phi) is 5.34. The summed E-state index contributed by atoms with van der Waals surface area (Å²) >= 11 is 0. The zero-order valence-electron chi connectivity index (χ0n) is 10.7. The maximum atomic E-state index is 6.11. The third-order valence-corrected chi connectivity index (χ3v) is 3.19. The summed E-state index contributed by atoms with van der Waals surface area (Å²) in [6.45, 7) is 13.1. The molecule has 0 spiro atoms. The molecule has 0 aromatic rings. The summed E-state index contributed by atoms with van der Waals surface area (Å²) in [7, 11) is -1.40. The first-order valence-electron chi connectivity index (χ1n) is 5.58. The molecule has 3 heteroatoms. The van der Waals surface area contributed by atoms with Gasteiger partial charge in [0.15, 0.2) is 8.32 Å². The largest absolute Gasteiger partial charge is 0.413 e. The van der Waals surface area contributed by atoms with Crippen LogP contribution in [-0.2, 0) is 4.43 Å². The summed E-state index contributed by atoms with van der Waals surface area (Å²) in [5.41, 5.74) is 5.74. The molecule has 2 N–H and O–H groups in total. The Morgan fingerprint density at radius 3 is 2.14 bits per heavy atom. The molecule has 0 amide bonds. The summed E-state index contributed by atoms with van der Waals surface area (Å²) in [5.74, 6) is 0. The summed E-state index contributed by atoms with van der Waals surface area (Å²) in [6.07, 6.45) is 3.37. The minimum atomic E-state index is -1.40. The van der Waals surface area contributed by atoms with E-state index in [1.54, 1.807) is 0 Å². The van der Waals surface area contributed by atoms with E-state index < -0.39 is 8.32 Å². The van der Waals surface area contributed by atoms with E-state index in [9.17, 15) is 0 Å². The smallest absolute Gasteiger partial charge is 0.184 e. The highest BCUT2D eigenvalue weighted by Gasteiger charge is 2.26. The molecule has 0 aromatic heterocycles. The first kappa shape index (κ1) is 14.1. The van der Waals surface area contributed by atoms with Gasteiger partial charge in [-0.2, -0.15) is 0 Å². The summed E-state index contributed by atoms with van der Waals surface area (Å²) < 4.78 is 6.11. The average molecular weight is 217 g/mol. The van der Waals surface area contributed by atoms with E-state index in [-0.39, 0.29) is 5.60 Å². The lowest BCUT2D eigenvalue weighted by molar-refractivity contribution is 0.0878. The first-order valence-corrected chi connectivity index (χ1v) is 8.99. The highest BCUT2D eigenvalue weighted by atomic mass is 28.4. The van der Waals surface area contributed by atoms with Crippen molar-refractivity contribution in [3.8, 4) is 0 Å². The molecule has 0 aliphatic carbocycles. The molecule has 0 radical (unpaired) electrons. The predicted molar refractivity (Wildman–Crippen MR) is 66.0 cm³/mol. The van der Waals surface area contributed by atoms with Crippen LogP contribution in [0.4, 0.5) is 0 Å². The van der Waals surface area contributed by atoms with Gasteiger partial charge in [0.1, 0.15) is 0 Å². The second-order valence-corrected chi connectivity index (χ2v) is 10.3. The zero-order chi connectivity index (χ0) is 11.4. The van der Waals surface area contributed by atoms with Crippen molar-refractivity contribution in [1.82, 2.24) is 0 Å². The third-order valence-electron chi connectivity index (χ3n) is 2.02. The molecule has 1 atom stereocenters. The number of rotatable bonds is 6. The molecule has 86 valence electrons. The van der Waals surface area contributed by atoms with Gasteiger partial charge >= 0.3 is 0 Å². The minimum Gasteiger partial charge on any atom is -0.413 e. The van der Waals surface area contributed by atoms with Gasteiger partial charge in [0.05, 0.1) is 5.60 Å². The van der Waals surface area contributed by atoms with Crippen molar-refractivity contribution >= 4 is 8.32 Å². The molecule has 0 saturated carbocycles. The second kappa shape index (κ2) is 5.28. The second-order valence-electron chi connectivity index (χ2n) is 5.84. The van der Waals surface area contributed by atoms with Crippen molar-refractivity contribution in [2.45, 2.75) is 71.3 Å². The van der Waals surface area contributed by atoms with Crippen LogP contribution in [0, 0.1) is 0 Å². The standard InChI is InChI=1S/C11H27NOSi/c1-10(12)8-7-9-11(2,3)13-14(4,5)6/h10H,7-9,12H2,1-6H3. The van der Waals surface area contributed by atoms with Crippen molar-refractivity contribution in [2.75, 3.05) is 0 Å². The Hall–Kier alpha value is 0.137. The van der Waals surface area contributed by atoms with Crippen molar-refractivity contribution in [1.29, 1.82) is 0 Å². The fourth-order valence-corrected chi connectivity index (χ4v) is 3.49. The average Bonchev–Trinajstić information content (AvgIpc) is 1.78. The lowest BCUT2D eigenvalue weighted by atomic mass is 10.00. The summed E-state index contributed by atoms with van der Waals surface area (Å²) in [5, 5.41) is 0. The van der Waals surface area contributed by atoms with Crippen LogP contribution in [0.5, 0.6) is 0 Å². The molecule has 0 fully saturated rings. The van der Waals surface area contributed by atoms with Gasteiger partial charge < -0.3 is 10.2 Å². The number of nitrogens with two attached hydrogens (primary N) is 1. The molecule has 0 rings (SSSR count). The van der Waals surface area contributed by atoms with Crippen LogP contribution in [0.15, 0.2) is 0 Å². The quantitative estimate of drug-likeness (QED) is 0.694. The van der Waals surface area contributed by atoms with Crippen LogP contribution in [0.1, 0.15) is 40.0 Å². The van der Waals surface area contributed by atoms with E-state index in [1.165, 1.54) is 0 Å². The molecule has 2 nitrogen and oxygen atoms in total. The van der Waals surface area contributed by atoms with E-state index in [2.05, 4.69) is 40.4 Å². The lowest BCUT2D eigenvalue weighted by Gasteiger charge is -2.33. The fourth-order valence-electron chi connectivity index (χ4n) is 1.73. The monoisotopic (exact) mass is 217 g/mol. The van der Waals surface area contributed by atoms with Crippen LogP contribution in [0.3, 0.4) is 0 Å². The van der Waals surface area contributed by atoms with Crippen LogP contribution in [0.25, 0.3) is 0 Å². The fraction of sp³-hybridized carbons (Fsp3) is 1.00. The molecule has 0 aromatic carbocycles. The van der Waals surface area contributed by atoms with E-state index in [1.807, 2.05) is 0 Å². The van der Waals surface area contributed by atoms with E-state index in [4.69, 9.17) is 10.2 Å². The van der Waals surface area contributed by atoms with Crippen LogP contribution in [-0.4, -0.2) is 20.0 Å². The molecular formula is C11H27NOSi. The van der Waals surface area contributed by atoms with E-state index >= 15 is 0 Å². The molecule has 0 bridgehead atoms. The SMILES string of the molecule is CC(N)CCCC(C)(C)O[Si](C)(C)C. The van der Waals surface area contributed by atoms with Crippen LogP contribution in [0.2, 0.25) is 19.6 Å². The third kappa shape index (κ3) is 8.72. The Bertz CT molecular complexity index is 161. The molecule has 0 heterocycles. The topological polar surface area (TPSA) is 35.2 Å². The van der Waals surface area contributed by atoms with E-state index in [0.29, 0.717) is 6.04 Å².